The Balaban J connectivity index is 0.000000362. The SMILES string of the molecule is NNc1ccc(C(=O)O)cn1.O=C(O)CCC(=O)O. The molecule has 0 bridgehead atoms. The molecule has 1 rings (SSSR count). The fourth-order valence-corrected chi connectivity index (χ4v) is 0.820. The lowest BCUT2D eigenvalue weighted by Crippen LogP contribution is -2.08. The van der Waals surface area contributed by atoms with E-state index in [1.807, 2.05) is 0 Å². The number of carboxylic acids is 3. The Labute approximate surface area is 107 Å². The molecule has 0 unspecified atom stereocenters. The molecule has 0 aliphatic heterocycles. The van der Waals surface area contributed by atoms with Gasteiger partial charge in [-0.25, -0.2) is 15.6 Å². The molecular weight excluding hydrogens is 258 g/mol. The Morgan fingerprint density at radius 1 is 1.11 bits per heavy atom. The molecule has 9 nitrogen and oxygen atoms in total. The van der Waals surface area contributed by atoms with Crippen LogP contribution in [0.4, 0.5) is 5.82 Å². The molecule has 0 amide bonds. The topological polar surface area (TPSA) is 163 Å². The minimum absolute atomic E-state index is 0.143. The van der Waals surface area contributed by atoms with Crippen molar-refractivity contribution in [1.29, 1.82) is 0 Å². The summed E-state index contributed by atoms with van der Waals surface area (Å²) in [5, 5.41) is 24.3. The first kappa shape index (κ1) is 16.3. The zero-order chi connectivity index (χ0) is 14.8. The van der Waals surface area contributed by atoms with Gasteiger partial charge in [0.15, 0.2) is 0 Å². The van der Waals surface area contributed by atoms with Crippen LogP contribution in [0.15, 0.2) is 18.3 Å². The van der Waals surface area contributed by atoms with Gasteiger partial charge in [0.05, 0.1) is 18.4 Å². The zero-order valence-corrected chi connectivity index (χ0v) is 9.74. The zero-order valence-electron chi connectivity index (χ0n) is 9.74. The largest absolute Gasteiger partial charge is 0.481 e. The van der Waals surface area contributed by atoms with Crippen molar-refractivity contribution in [1.82, 2.24) is 4.98 Å². The molecule has 1 heterocycles. The van der Waals surface area contributed by atoms with E-state index in [2.05, 4.69) is 10.4 Å². The number of nitrogens with one attached hydrogen (secondary N) is 1. The maximum absolute atomic E-state index is 10.3. The third-order valence-electron chi connectivity index (χ3n) is 1.71. The Morgan fingerprint density at radius 2 is 1.63 bits per heavy atom. The number of hydrogen-bond donors (Lipinski definition) is 5. The van der Waals surface area contributed by atoms with Gasteiger partial charge in [-0.2, -0.15) is 0 Å². The van der Waals surface area contributed by atoms with Gasteiger partial charge < -0.3 is 20.7 Å². The van der Waals surface area contributed by atoms with Crippen molar-refractivity contribution in [2.45, 2.75) is 12.8 Å². The number of nitrogen functional groups attached to an aromatic ring is 1. The number of aliphatic carboxylic acids is 2. The lowest BCUT2D eigenvalue weighted by Gasteiger charge is -1.97. The van der Waals surface area contributed by atoms with Crippen LogP contribution in [0.5, 0.6) is 0 Å². The second-order valence-corrected chi connectivity index (χ2v) is 3.17. The van der Waals surface area contributed by atoms with E-state index in [1.165, 1.54) is 18.3 Å². The molecule has 9 heteroatoms. The highest BCUT2D eigenvalue weighted by atomic mass is 16.4. The highest BCUT2D eigenvalue weighted by Crippen LogP contribution is 2.02. The summed E-state index contributed by atoms with van der Waals surface area (Å²) < 4.78 is 0. The molecule has 19 heavy (non-hydrogen) atoms. The predicted molar refractivity (Wildman–Crippen MR) is 63.5 cm³/mol. The molecule has 0 fully saturated rings. The van der Waals surface area contributed by atoms with Crippen molar-refractivity contribution < 1.29 is 29.7 Å². The fraction of sp³-hybridized carbons (Fsp3) is 0.200. The molecule has 6 N–H and O–H groups in total. The summed E-state index contributed by atoms with van der Waals surface area (Å²) in [6, 6.07) is 2.91. The molecule has 1 aromatic heterocycles. The van der Waals surface area contributed by atoms with Gasteiger partial charge in [-0.3, -0.25) is 9.59 Å². The van der Waals surface area contributed by atoms with Crippen LogP contribution in [0, 0.1) is 0 Å². The summed E-state index contributed by atoms with van der Waals surface area (Å²) in [6.45, 7) is 0. The maximum atomic E-state index is 10.3. The summed E-state index contributed by atoms with van der Waals surface area (Å²) in [6.07, 6.45) is 0.641. The smallest absolute Gasteiger partial charge is 0.337 e. The van der Waals surface area contributed by atoms with Gasteiger partial charge in [0.1, 0.15) is 5.82 Å². The van der Waals surface area contributed by atoms with Crippen LogP contribution in [0.2, 0.25) is 0 Å². The van der Waals surface area contributed by atoms with Crippen LogP contribution in [-0.4, -0.2) is 38.2 Å². The number of nitrogens with zero attached hydrogens (tertiary/aromatic N) is 1. The summed E-state index contributed by atoms with van der Waals surface area (Å²) in [5.41, 5.74) is 2.43. The molecule has 0 aliphatic rings. The third-order valence-corrected chi connectivity index (χ3v) is 1.71. The first-order valence-corrected chi connectivity index (χ1v) is 4.96. The quantitative estimate of drug-likeness (QED) is 0.366. The molecule has 1 aromatic rings. The van der Waals surface area contributed by atoms with Crippen molar-refractivity contribution in [2.75, 3.05) is 5.43 Å². The van der Waals surface area contributed by atoms with Gasteiger partial charge in [-0.1, -0.05) is 0 Å². The van der Waals surface area contributed by atoms with Crippen molar-refractivity contribution in [2.24, 2.45) is 5.84 Å². The number of nitrogens with two attached hydrogens (primary N) is 1. The number of rotatable bonds is 5. The molecule has 104 valence electrons. The van der Waals surface area contributed by atoms with Crippen LogP contribution in [0.1, 0.15) is 23.2 Å². The minimum Gasteiger partial charge on any atom is -0.481 e. The molecule has 0 radical (unpaired) electrons. The van der Waals surface area contributed by atoms with Crippen LogP contribution < -0.4 is 11.3 Å². The predicted octanol–water partition coefficient (Wildman–Crippen LogP) is 0.00120. The molecule has 0 saturated heterocycles. The van der Waals surface area contributed by atoms with Gasteiger partial charge >= 0.3 is 17.9 Å². The van der Waals surface area contributed by atoms with E-state index < -0.39 is 17.9 Å². The van der Waals surface area contributed by atoms with E-state index in [1.54, 1.807) is 0 Å². The van der Waals surface area contributed by atoms with Crippen molar-refractivity contribution in [3.05, 3.63) is 23.9 Å². The number of hydrogen-bond acceptors (Lipinski definition) is 6. The minimum atomic E-state index is -1.08. The number of aromatic carboxylic acids is 1. The van der Waals surface area contributed by atoms with Crippen molar-refractivity contribution in [3.63, 3.8) is 0 Å². The lowest BCUT2D eigenvalue weighted by molar-refractivity contribution is -0.143. The monoisotopic (exact) mass is 271 g/mol. The fourth-order valence-electron chi connectivity index (χ4n) is 0.820. The highest BCUT2D eigenvalue weighted by Gasteiger charge is 2.01. The number of carboxylic acid groups (broad SMARTS) is 3. The number of anilines is 1. The van der Waals surface area contributed by atoms with E-state index in [4.69, 9.17) is 21.2 Å². The molecule has 0 spiro atoms. The highest BCUT2D eigenvalue weighted by molar-refractivity contribution is 5.87. The van der Waals surface area contributed by atoms with Crippen molar-refractivity contribution >= 4 is 23.7 Å². The number of carbonyl (C=O) groups is 3. The average molecular weight is 271 g/mol. The summed E-state index contributed by atoms with van der Waals surface area (Å²) in [5.74, 6) is 2.30. The number of hydrazine groups is 1. The van der Waals surface area contributed by atoms with Crippen LogP contribution >= 0.6 is 0 Å². The van der Waals surface area contributed by atoms with Crippen molar-refractivity contribution in [3.8, 4) is 0 Å². The molecular formula is C10H13N3O6. The summed E-state index contributed by atoms with van der Waals surface area (Å²) in [7, 11) is 0. The molecule has 0 aromatic carbocycles. The third kappa shape index (κ3) is 8.10. The molecule has 0 aliphatic carbocycles. The van der Waals surface area contributed by atoms with E-state index in [-0.39, 0.29) is 18.4 Å². The second-order valence-electron chi connectivity index (χ2n) is 3.17. The van der Waals surface area contributed by atoms with Gasteiger partial charge in [0, 0.05) is 6.20 Å². The summed E-state index contributed by atoms with van der Waals surface area (Å²) in [4.78, 5) is 33.3. The van der Waals surface area contributed by atoms with Crippen LogP contribution in [0.3, 0.4) is 0 Å². The first-order chi connectivity index (χ1) is 8.86. The van der Waals surface area contributed by atoms with E-state index in [0.717, 1.165) is 0 Å². The standard InChI is InChI=1S/C6H7N3O2.C4H6O4/c7-9-5-2-1-4(3-8-5)6(10)11;5-3(6)1-2-4(7)8/h1-3H,7H2,(H,8,9)(H,10,11);1-2H2,(H,5,6)(H,7,8). The van der Waals surface area contributed by atoms with Crippen LogP contribution in [0.25, 0.3) is 0 Å². The second kappa shape index (κ2) is 8.42. The normalized spacial score (nSPS) is 8.89. The lowest BCUT2D eigenvalue weighted by atomic mass is 10.3. The van der Waals surface area contributed by atoms with E-state index >= 15 is 0 Å². The van der Waals surface area contributed by atoms with Crippen LogP contribution in [-0.2, 0) is 9.59 Å². The van der Waals surface area contributed by atoms with Gasteiger partial charge in [0.25, 0.3) is 0 Å². The Bertz CT molecular complexity index is 431. The van der Waals surface area contributed by atoms with Gasteiger partial charge in [-0.05, 0) is 12.1 Å². The average Bonchev–Trinajstić information content (AvgIpc) is 2.37. The Kier molecular flexibility index (Phi) is 7.23. The molecule has 0 saturated carbocycles. The van der Waals surface area contributed by atoms with E-state index in [9.17, 15) is 14.4 Å². The first-order valence-electron chi connectivity index (χ1n) is 4.96. The van der Waals surface area contributed by atoms with Gasteiger partial charge in [0.2, 0.25) is 0 Å². The Hall–Kier alpha value is -2.68. The van der Waals surface area contributed by atoms with Gasteiger partial charge in [-0.15, -0.1) is 0 Å². The Morgan fingerprint density at radius 3 is 1.89 bits per heavy atom. The van der Waals surface area contributed by atoms with E-state index in [0.29, 0.717) is 5.82 Å². The number of pyridine rings is 1. The maximum Gasteiger partial charge on any atom is 0.337 e. The molecule has 0 atom stereocenters. The number of aromatic nitrogens is 1. The summed E-state index contributed by atoms with van der Waals surface area (Å²) >= 11 is 0.